The van der Waals surface area contributed by atoms with Gasteiger partial charge in [0.15, 0.2) is 0 Å². The van der Waals surface area contributed by atoms with Crippen LogP contribution in [0.2, 0.25) is 0 Å². The van der Waals surface area contributed by atoms with E-state index in [2.05, 4.69) is 6.58 Å². The van der Waals surface area contributed by atoms with Crippen molar-refractivity contribution >= 4 is 5.97 Å². The minimum absolute atomic E-state index is 0.386. The van der Waals surface area contributed by atoms with Crippen LogP contribution < -0.4 is 9.47 Å². The molecule has 0 bridgehead atoms. The maximum Gasteiger partial charge on any atom is 0.343 e. The van der Waals surface area contributed by atoms with Gasteiger partial charge in [-0.3, -0.25) is 0 Å². The molecule has 0 N–H and O–H groups in total. The van der Waals surface area contributed by atoms with E-state index in [1.54, 1.807) is 48.5 Å². The van der Waals surface area contributed by atoms with E-state index in [4.69, 9.17) is 14.2 Å². The van der Waals surface area contributed by atoms with E-state index >= 15 is 0 Å². The number of rotatable bonds is 7. The minimum Gasteiger partial charge on any atom is -0.498 e. The molecule has 0 saturated carbocycles. The molecule has 2 aromatic carbocycles. The summed E-state index contributed by atoms with van der Waals surface area (Å²) < 4.78 is 15.7. The molecule has 0 fully saturated rings. The summed E-state index contributed by atoms with van der Waals surface area (Å²) in [4.78, 5) is 11.9. The molecule has 4 heteroatoms. The van der Waals surface area contributed by atoms with Crippen LogP contribution in [0.5, 0.6) is 11.5 Å². The predicted molar refractivity (Wildman–Crippen MR) is 79.5 cm³/mol. The Morgan fingerprint density at radius 2 is 1.62 bits per heavy atom. The first-order valence-electron chi connectivity index (χ1n) is 6.52. The second-order valence-electron chi connectivity index (χ2n) is 4.11. The molecular formula is C17H16O4. The van der Waals surface area contributed by atoms with Crippen LogP contribution in [0.3, 0.4) is 0 Å². The van der Waals surface area contributed by atoms with Gasteiger partial charge >= 0.3 is 5.97 Å². The normalized spacial score (nSPS) is 9.71. The first-order chi connectivity index (χ1) is 10.3. The quantitative estimate of drug-likeness (QED) is 0.338. The van der Waals surface area contributed by atoms with Crippen LogP contribution in [-0.4, -0.2) is 19.2 Å². The molecule has 0 heterocycles. The topological polar surface area (TPSA) is 44.8 Å². The lowest BCUT2D eigenvalue weighted by Crippen LogP contribution is -2.08. The number of hydrogen-bond donors (Lipinski definition) is 0. The lowest BCUT2D eigenvalue weighted by Gasteiger charge is -2.07. The van der Waals surface area contributed by atoms with Crippen LogP contribution in [-0.2, 0) is 4.74 Å². The zero-order chi connectivity index (χ0) is 14.9. The molecule has 2 rings (SSSR count). The zero-order valence-corrected chi connectivity index (χ0v) is 11.5. The average molecular weight is 284 g/mol. The van der Waals surface area contributed by atoms with E-state index in [9.17, 15) is 4.79 Å². The van der Waals surface area contributed by atoms with E-state index in [0.717, 1.165) is 0 Å². The van der Waals surface area contributed by atoms with Gasteiger partial charge in [-0.2, -0.15) is 0 Å². The maximum absolute atomic E-state index is 11.9. The number of carbonyl (C=O) groups is 1. The summed E-state index contributed by atoms with van der Waals surface area (Å²) >= 11 is 0. The standard InChI is InChI=1S/C17H16O4/c1-2-19-12-13-20-15-8-10-16(11-9-15)21-17(18)14-6-4-3-5-7-14/h2-11H,1,12-13H2. The molecule has 4 nitrogen and oxygen atoms in total. The molecule has 0 atom stereocenters. The number of esters is 1. The molecular weight excluding hydrogens is 268 g/mol. The Morgan fingerprint density at radius 1 is 0.952 bits per heavy atom. The summed E-state index contributed by atoms with van der Waals surface area (Å²) in [5.74, 6) is 0.768. The van der Waals surface area contributed by atoms with Crippen LogP contribution >= 0.6 is 0 Å². The summed E-state index contributed by atoms with van der Waals surface area (Å²) in [6.45, 7) is 4.31. The van der Waals surface area contributed by atoms with E-state index in [-0.39, 0.29) is 5.97 Å². The Hall–Kier alpha value is -2.75. The third kappa shape index (κ3) is 4.69. The van der Waals surface area contributed by atoms with E-state index in [1.165, 1.54) is 6.26 Å². The molecule has 0 saturated heterocycles. The van der Waals surface area contributed by atoms with Gasteiger partial charge in [0.2, 0.25) is 0 Å². The van der Waals surface area contributed by atoms with Crippen molar-refractivity contribution in [3.05, 3.63) is 73.0 Å². The summed E-state index contributed by atoms with van der Waals surface area (Å²) in [6, 6.07) is 15.7. The fourth-order valence-corrected chi connectivity index (χ4v) is 1.64. The zero-order valence-electron chi connectivity index (χ0n) is 11.5. The van der Waals surface area contributed by atoms with Crippen molar-refractivity contribution in [3.8, 4) is 11.5 Å². The van der Waals surface area contributed by atoms with E-state index in [1.807, 2.05) is 6.07 Å². The smallest absolute Gasteiger partial charge is 0.343 e. The Bertz CT molecular complexity index is 575. The van der Waals surface area contributed by atoms with Crippen LogP contribution in [0.15, 0.2) is 67.4 Å². The van der Waals surface area contributed by atoms with Gasteiger partial charge in [-0.15, -0.1) is 0 Å². The van der Waals surface area contributed by atoms with Crippen molar-refractivity contribution in [1.82, 2.24) is 0 Å². The number of benzene rings is 2. The Balaban J connectivity index is 1.87. The molecule has 0 unspecified atom stereocenters. The van der Waals surface area contributed by atoms with Crippen molar-refractivity contribution in [1.29, 1.82) is 0 Å². The summed E-state index contributed by atoms with van der Waals surface area (Å²) in [7, 11) is 0. The molecule has 0 aliphatic carbocycles. The Kier molecular flexibility index (Phi) is 5.41. The van der Waals surface area contributed by atoms with Gasteiger partial charge in [-0.05, 0) is 36.4 Å². The highest BCUT2D eigenvalue weighted by molar-refractivity contribution is 5.90. The van der Waals surface area contributed by atoms with Gasteiger partial charge in [-0.25, -0.2) is 4.79 Å². The highest BCUT2D eigenvalue weighted by Crippen LogP contribution is 2.18. The van der Waals surface area contributed by atoms with E-state index < -0.39 is 0 Å². The first-order valence-corrected chi connectivity index (χ1v) is 6.52. The molecule has 0 aliphatic heterocycles. The maximum atomic E-state index is 11.9. The van der Waals surface area contributed by atoms with E-state index in [0.29, 0.717) is 30.3 Å². The molecule has 0 amide bonds. The lowest BCUT2D eigenvalue weighted by atomic mass is 10.2. The molecule has 0 aliphatic rings. The lowest BCUT2D eigenvalue weighted by molar-refractivity contribution is 0.0734. The average Bonchev–Trinajstić information content (AvgIpc) is 2.54. The third-order valence-electron chi connectivity index (χ3n) is 2.63. The minimum atomic E-state index is -0.386. The van der Waals surface area contributed by atoms with Gasteiger partial charge in [0.25, 0.3) is 0 Å². The third-order valence-corrected chi connectivity index (χ3v) is 2.63. The van der Waals surface area contributed by atoms with Crippen molar-refractivity contribution in [2.75, 3.05) is 13.2 Å². The number of ether oxygens (including phenoxy) is 3. The summed E-state index contributed by atoms with van der Waals surface area (Å²) in [6.07, 6.45) is 1.37. The number of hydrogen-bond acceptors (Lipinski definition) is 4. The monoisotopic (exact) mass is 284 g/mol. The number of carbonyl (C=O) groups excluding carboxylic acids is 1. The molecule has 2 aromatic rings. The summed E-state index contributed by atoms with van der Waals surface area (Å²) in [5.41, 5.74) is 0.513. The Labute approximate surface area is 123 Å². The molecule has 21 heavy (non-hydrogen) atoms. The molecule has 0 spiro atoms. The van der Waals surface area contributed by atoms with Gasteiger partial charge in [0, 0.05) is 0 Å². The van der Waals surface area contributed by atoms with Gasteiger partial charge in [-0.1, -0.05) is 24.8 Å². The largest absolute Gasteiger partial charge is 0.498 e. The molecule has 0 radical (unpaired) electrons. The van der Waals surface area contributed by atoms with Crippen molar-refractivity contribution in [2.45, 2.75) is 0 Å². The summed E-state index contributed by atoms with van der Waals surface area (Å²) in [5, 5.41) is 0. The van der Waals surface area contributed by atoms with Gasteiger partial charge < -0.3 is 14.2 Å². The van der Waals surface area contributed by atoms with Crippen LogP contribution in [0.25, 0.3) is 0 Å². The Morgan fingerprint density at radius 3 is 2.29 bits per heavy atom. The molecule has 0 aromatic heterocycles. The van der Waals surface area contributed by atoms with Crippen molar-refractivity contribution < 1.29 is 19.0 Å². The van der Waals surface area contributed by atoms with Crippen LogP contribution in [0.4, 0.5) is 0 Å². The first kappa shape index (κ1) is 14.7. The van der Waals surface area contributed by atoms with Gasteiger partial charge in [0.1, 0.15) is 24.7 Å². The second-order valence-corrected chi connectivity index (χ2v) is 4.11. The van der Waals surface area contributed by atoms with Crippen molar-refractivity contribution in [3.63, 3.8) is 0 Å². The highest BCUT2D eigenvalue weighted by Gasteiger charge is 2.07. The van der Waals surface area contributed by atoms with Crippen molar-refractivity contribution in [2.24, 2.45) is 0 Å². The SMILES string of the molecule is C=COCCOc1ccc(OC(=O)c2ccccc2)cc1. The highest BCUT2D eigenvalue weighted by atomic mass is 16.5. The van der Waals surface area contributed by atoms with Gasteiger partial charge in [0.05, 0.1) is 11.8 Å². The van der Waals surface area contributed by atoms with Crippen LogP contribution in [0, 0.1) is 0 Å². The van der Waals surface area contributed by atoms with Crippen LogP contribution in [0.1, 0.15) is 10.4 Å². The fourth-order valence-electron chi connectivity index (χ4n) is 1.64. The molecule has 108 valence electrons. The fraction of sp³-hybridized carbons (Fsp3) is 0.118. The predicted octanol–water partition coefficient (Wildman–Crippen LogP) is 3.44. The second kappa shape index (κ2) is 7.75.